The summed E-state index contributed by atoms with van der Waals surface area (Å²) in [6.45, 7) is 3.75. The van der Waals surface area contributed by atoms with Gasteiger partial charge in [0.1, 0.15) is 0 Å². The van der Waals surface area contributed by atoms with E-state index in [2.05, 4.69) is 16.7 Å². The van der Waals surface area contributed by atoms with E-state index in [9.17, 15) is 0 Å². The predicted molar refractivity (Wildman–Crippen MR) is 53.7 cm³/mol. The van der Waals surface area contributed by atoms with Crippen LogP contribution in [0.1, 0.15) is 12.8 Å². The summed E-state index contributed by atoms with van der Waals surface area (Å²) in [5.41, 5.74) is 0. The van der Waals surface area contributed by atoms with Crippen LogP contribution >= 0.6 is 23.4 Å². The lowest BCUT2D eigenvalue weighted by Crippen LogP contribution is -2.27. The van der Waals surface area contributed by atoms with Crippen molar-refractivity contribution in [1.82, 2.24) is 4.90 Å². The van der Waals surface area contributed by atoms with Crippen molar-refractivity contribution in [2.24, 2.45) is 0 Å². The van der Waals surface area contributed by atoms with E-state index in [0.29, 0.717) is 0 Å². The standard InChI is InChI=1S/C8H16ClNS/c9-3-1-4-10-5-2-7-11-8-6-10/h1-8H2. The maximum Gasteiger partial charge on any atom is 0.0235 e. The van der Waals surface area contributed by atoms with Crippen molar-refractivity contribution < 1.29 is 0 Å². The van der Waals surface area contributed by atoms with Crippen LogP contribution in [-0.2, 0) is 0 Å². The van der Waals surface area contributed by atoms with Gasteiger partial charge < -0.3 is 4.90 Å². The first-order valence-corrected chi connectivity index (χ1v) is 5.98. The van der Waals surface area contributed by atoms with Crippen LogP contribution < -0.4 is 0 Å². The Morgan fingerprint density at radius 2 is 2.18 bits per heavy atom. The van der Waals surface area contributed by atoms with Crippen LogP contribution in [0.2, 0.25) is 0 Å². The van der Waals surface area contributed by atoms with Gasteiger partial charge in [0.15, 0.2) is 0 Å². The van der Waals surface area contributed by atoms with Crippen molar-refractivity contribution in [3.63, 3.8) is 0 Å². The fourth-order valence-corrected chi connectivity index (χ4v) is 2.35. The van der Waals surface area contributed by atoms with Gasteiger partial charge in [-0.1, -0.05) is 0 Å². The van der Waals surface area contributed by atoms with Crippen LogP contribution in [0.4, 0.5) is 0 Å². The first-order valence-electron chi connectivity index (χ1n) is 4.29. The molecule has 0 aliphatic carbocycles. The molecule has 0 spiro atoms. The van der Waals surface area contributed by atoms with Gasteiger partial charge in [0, 0.05) is 18.2 Å². The topological polar surface area (TPSA) is 3.24 Å². The highest BCUT2D eigenvalue weighted by atomic mass is 35.5. The summed E-state index contributed by atoms with van der Waals surface area (Å²) in [5, 5.41) is 0. The zero-order valence-electron chi connectivity index (χ0n) is 6.89. The third-order valence-corrected chi connectivity index (χ3v) is 3.24. The van der Waals surface area contributed by atoms with E-state index >= 15 is 0 Å². The molecule has 0 radical (unpaired) electrons. The van der Waals surface area contributed by atoms with Crippen LogP contribution in [0.15, 0.2) is 0 Å². The van der Waals surface area contributed by atoms with Crippen molar-refractivity contribution in [3.05, 3.63) is 0 Å². The quantitative estimate of drug-likeness (QED) is 0.632. The average molecular weight is 194 g/mol. The number of alkyl halides is 1. The minimum Gasteiger partial charge on any atom is -0.302 e. The predicted octanol–water partition coefficient (Wildman–Crippen LogP) is 2.05. The number of hydrogen-bond acceptors (Lipinski definition) is 2. The Kier molecular flexibility index (Phi) is 5.42. The lowest BCUT2D eigenvalue weighted by atomic mass is 10.3. The summed E-state index contributed by atoms with van der Waals surface area (Å²) in [6.07, 6.45) is 2.50. The maximum atomic E-state index is 5.63. The van der Waals surface area contributed by atoms with Crippen LogP contribution in [-0.4, -0.2) is 41.9 Å². The summed E-state index contributed by atoms with van der Waals surface area (Å²) in [5.74, 6) is 3.46. The van der Waals surface area contributed by atoms with Crippen molar-refractivity contribution in [1.29, 1.82) is 0 Å². The number of halogens is 1. The molecule has 1 nitrogen and oxygen atoms in total. The third kappa shape index (κ3) is 4.24. The van der Waals surface area contributed by atoms with E-state index in [0.717, 1.165) is 12.3 Å². The molecule has 0 N–H and O–H groups in total. The fourth-order valence-electron chi connectivity index (χ4n) is 1.30. The Balaban J connectivity index is 2.09. The minimum absolute atomic E-state index is 0.809. The molecule has 1 rings (SSSR count). The fraction of sp³-hybridized carbons (Fsp3) is 1.00. The first kappa shape index (κ1) is 9.69. The van der Waals surface area contributed by atoms with Gasteiger partial charge in [-0.2, -0.15) is 11.8 Å². The molecule has 0 saturated carbocycles. The largest absolute Gasteiger partial charge is 0.302 e. The van der Waals surface area contributed by atoms with E-state index in [4.69, 9.17) is 11.6 Å². The number of rotatable bonds is 3. The molecule has 0 aromatic heterocycles. The zero-order chi connectivity index (χ0) is 7.94. The summed E-state index contributed by atoms with van der Waals surface area (Å²) in [6, 6.07) is 0. The molecule has 66 valence electrons. The number of hydrogen-bond donors (Lipinski definition) is 0. The van der Waals surface area contributed by atoms with E-state index in [1.165, 1.54) is 37.6 Å². The second-order valence-corrected chi connectivity index (χ2v) is 4.45. The molecule has 1 aliphatic rings. The molecule has 1 saturated heterocycles. The molecule has 0 aromatic rings. The summed E-state index contributed by atoms with van der Waals surface area (Å²) in [4.78, 5) is 2.53. The van der Waals surface area contributed by atoms with Gasteiger partial charge in [0.2, 0.25) is 0 Å². The summed E-state index contributed by atoms with van der Waals surface area (Å²) in [7, 11) is 0. The van der Waals surface area contributed by atoms with E-state index in [-0.39, 0.29) is 0 Å². The maximum absolute atomic E-state index is 5.63. The van der Waals surface area contributed by atoms with Crippen molar-refractivity contribution in [2.45, 2.75) is 12.8 Å². The molecule has 0 bridgehead atoms. The molecule has 1 aliphatic heterocycles. The number of thioether (sulfide) groups is 1. The van der Waals surface area contributed by atoms with Gasteiger partial charge in [-0.15, -0.1) is 11.6 Å². The molecular formula is C8H16ClNS. The van der Waals surface area contributed by atoms with Crippen LogP contribution in [0.5, 0.6) is 0 Å². The smallest absolute Gasteiger partial charge is 0.0235 e. The third-order valence-electron chi connectivity index (χ3n) is 1.92. The van der Waals surface area contributed by atoms with Gasteiger partial charge in [-0.25, -0.2) is 0 Å². The zero-order valence-corrected chi connectivity index (χ0v) is 8.46. The summed E-state index contributed by atoms with van der Waals surface area (Å²) >= 11 is 7.71. The van der Waals surface area contributed by atoms with Crippen LogP contribution in [0, 0.1) is 0 Å². The highest BCUT2D eigenvalue weighted by Gasteiger charge is 2.07. The average Bonchev–Trinajstić information content (AvgIpc) is 2.28. The molecular weight excluding hydrogens is 178 g/mol. The van der Waals surface area contributed by atoms with Gasteiger partial charge in [0.05, 0.1) is 0 Å². The van der Waals surface area contributed by atoms with Crippen LogP contribution in [0.25, 0.3) is 0 Å². The summed E-state index contributed by atoms with van der Waals surface area (Å²) < 4.78 is 0. The van der Waals surface area contributed by atoms with Crippen LogP contribution in [0.3, 0.4) is 0 Å². The SMILES string of the molecule is ClCCCN1CCCSCC1. The normalized spacial score (nSPS) is 21.5. The Labute approximate surface area is 78.5 Å². The molecule has 11 heavy (non-hydrogen) atoms. The molecule has 1 heterocycles. The molecule has 0 amide bonds. The Morgan fingerprint density at radius 3 is 3.00 bits per heavy atom. The molecule has 1 fully saturated rings. The van der Waals surface area contributed by atoms with Gasteiger partial charge in [-0.05, 0) is 31.7 Å². The van der Waals surface area contributed by atoms with Gasteiger partial charge in [0.25, 0.3) is 0 Å². The molecule has 0 aromatic carbocycles. The second kappa shape index (κ2) is 6.15. The van der Waals surface area contributed by atoms with Gasteiger partial charge >= 0.3 is 0 Å². The Bertz CT molecular complexity index is 92.1. The molecule has 3 heteroatoms. The first-order chi connectivity index (χ1) is 5.43. The Morgan fingerprint density at radius 1 is 1.27 bits per heavy atom. The van der Waals surface area contributed by atoms with E-state index in [1.807, 2.05) is 0 Å². The molecule has 0 atom stereocenters. The van der Waals surface area contributed by atoms with Crippen molar-refractivity contribution in [3.8, 4) is 0 Å². The Hall–Kier alpha value is 0.600. The van der Waals surface area contributed by atoms with Crippen molar-refractivity contribution in [2.75, 3.05) is 37.0 Å². The molecule has 0 unspecified atom stereocenters. The highest BCUT2D eigenvalue weighted by molar-refractivity contribution is 7.99. The monoisotopic (exact) mass is 193 g/mol. The highest BCUT2D eigenvalue weighted by Crippen LogP contribution is 2.09. The minimum atomic E-state index is 0.809. The second-order valence-electron chi connectivity index (χ2n) is 2.85. The van der Waals surface area contributed by atoms with Crippen molar-refractivity contribution >= 4 is 23.4 Å². The van der Waals surface area contributed by atoms with E-state index < -0.39 is 0 Å². The van der Waals surface area contributed by atoms with Gasteiger partial charge in [-0.3, -0.25) is 0 Å². The lowest BCUT2D eigenvalue weighted by molar-refractivity contribution is 0.297. The van der Waals surface area contributed by atoms with E-state index in [1.54, 1.807) is 0 Å². The lowest BCUT2D eigenvalue weighted by Gasteiger charge is -2.18. The number of nitrogens with zero attached hydrogens (tertiary/aromatic N) is 1.